The maximum atomic E-state index is 12.2. The van der Waals surface area contributed by atoms with E-state index in [4.69, 9.17) is 4.74 Å². The number of carboxylic acid groups (broad SMARTS) is 1. The first-order chi connectivity index (χ1) is 11.5. The van der Waals surface area contributed by atoms with E-state index in [1.165, 1.54) is 38.5 Å². The highest BCUT2D eigenvalue weighted by Gasteiger charge is 2.34. The Morgan fingerprint density at radius 1 is 1.12 bits per heavy atom. The Bertz CT molecular complexity index is 427. The molecule has 0 saturated carbocycles. The lowest BCUT2D eigenvalue weighted by molar-refractivity contribution is -0.150. The minimum absolute atomic E-state index is 0.0353. The number of hydrogen-bond acceptors (Lipinski definition) is 3. The Kier molecular flexibility index (Phi) is 9.73. The second kappa shape index (κ2) is 11.3. The van der Waals surface area contributed by atoms with E-state index in [2.05, 4.69) is 6.92 Å². The fourth-order valence-corrected chi connectivity index (χ4v) is 3.37. The van der Waals surface area contributed by atoms with Crippen LogP contribution in [0.4, 0.5) is 0 Å². The van der Waals surface area contributed by atoms with E-state index >= 15 is 0 Å². The molecule has 0 aromatic carbocycles. The molecule has 1 aliphatic rings. The van der Waals surface area contributed by atoms with Crippen LogP contribution in [0.1, 0.15) is 78.6 Å². The average molecular weight is 338 g/mol. The summed E-state index contributed by atoms with van der Waals surface area (Å²) in [7, 11) is 0. The lowest BCUT2D eigenvalue weighted by atomic mass is 9.76. The maximum absolute atomic E-state index is 12.2. The van der Waals surface area contributed by atoms with E-state index in [0.29, 0.717) is 13.0 Å². The molecule has 0 spiro atoms. The number of carbonyl (C=O) groups excluding carboxylic acids is 1. The Morgan fingerprint density at radius 3 is 2.29 bits per heavy atom. The molecule has 0 amide bonds. The zero-order chi connectivity index (χ0) is 17.9. The van der Waals surface area contributed by atoms with Crippen LogP contribution in [0, 0.1) is 17.8 Å². The molecule has 1 aliphatic carbocycles. The fourth-order valence-electron chi connectivity index (χ4n) is 3.37. The number of esters is 1. The van der Waals surface area contributed by atoms with Crippen molar-refractivity contribution in [1.29, 1.82) is 0 Å². The molecule has 0 aromatic rings. The van der Waals surface area contributed by atoms with E-state index in [0.717, 1.165) is 18.4 Å². The molecule has 3 atom stereocenters. The molecule has 0 radical (unpaired) electrons. The molecule has 0 heterocycles. The predicted octanol–water partition coefficient (Wildman–Crippen LogP) is 4.97. The van der Waals surface area contributed by atoms with Crippen molar-refractivity contribution in [1.82, 2.24) is 0 Å². The van der Waals surface area contributed by atoms with Gasteiger partial charge in [-0.1, -0.05) is 70.4 Å². The number of rotatable bonds is 11. The van der Waals surface area contributed by atoms with Crippen molar-refractivity contribution in [3.8, 4) is 0 Å². The van der Waals surface area contributed by atoms with Crippen molar-refractivity contribution in [3.63, 3.8) is 0 Å². The lowest BCUT2D eigenvalue weighted by Crippen LogP contribution is -2.31. The Hall–Kier alpha value is -1.32. The van der Waals surface area contributed by atoms with Crippen LogP contribution in [0.25, 0.3) is 0 Å². The van der Waals surface area contributed by atoms with Crippen LogP contribution in [-0.2, 0) is 14.3 Å². The molecule has 0 saturated heterocycles. The summed E-state index contributed by atoms with van der Waals surface area (Å²) in [6.45, 7) is 6.43. The van der Waals surface area contributed by atoms with Gasteiger partial charge in [0.05, 0.1) is 18.4 Å². The minimum atomic E-state index is -0.812. The third-order valence-corrected chi connectivity index (χ3v) is 5.02. The van der Waals surface area contributed by atoms with Gasteiger partial charge in [0.2, 0.25) is 0 Å². The monoisotopic (exact) mass is 338 g/mol. The van der Waals surface area contributed by atoms with Gasteiger partial charge < -0.3 is 9.84 Å². The van der Waals surface area contributed by atoms with Gasteiger partial charge in [-0.3, -0.25) is 9.59 Å². The number of unbranched alkanes of at least 4 members (excludes halogenated alkanes) is 7. The maximum Gasteiger partial charge on any atom is 0.313 e. The molecular weight excluding hydrogens is 304 g/mol. The van der Waals surface area contributed by atoms with Gasteiger partial charge in [-0.05, 0) is 25.7 Å². The van der Waals surface area contributed by atoms with Crippen LogP contribution in [0.5, 0.6) is 0 Å². The highest BCUT2D eigenvalue weighted by Crippen LogP contribution is 2.33. The fraction of sp³-hybridized carbons (Fsp3) is 0.800. The average Bonchev–Trinajstić information content (AvgIpc) is 2.54. The molecule has 4 nitrogen and oxygen atoms in total. The van der Waals surface area contributed by atoms with E-state index < -0.39 is 11.9 Å². The van der Waals surface area contributed by atoms with Crippen molar-refractivity contribution >= 4 is 11.9 Å². The first kappa shape index (κ1) is 20.7. The summed E-state index contributed by atoms with van der Waals surface area (Å²) in [6.07, 6.45) is 12.0. The molecule has 1 rings (SSSR count). The zero-order valence-electron chi connectivity index (χ0n) is 15.6. The molecule has 138 valence electrons. The number of ether oxygens (including phenoxy) is 1. The summed E-state index contributed by atoms with van der Waals surface area (Å²) in [6, 6.07) is 0. The normalized spacial score (nSPS) is 23.6. The van der Waals surface area contributed by atoms with Crippen LogP contribution in [0.15, 0.2) is 11.6 Å². The van der Waals surface area contributed by atoms with Crippen molar-refractivity contribution in [2.75, 3.05) is 6.61 Å². The summed E-state index contributed by atoms with van der Waals surface area (Å²) in [5, 5.41) is 9.18. The Morgan fingerprint density at radius 2 is 1.71 bits per heavy atom. The SMILES string of the molecule is CCCCCCCCCCOC(=O)C1CC(C)C(C(=O)O)C=C1C. The lowest BCUT2D eigenvalue weighted by Gasteiger charge is -2.29. The molecule has 0 fully saturated rings. The second-order valence-electron chi connectivity index (χ2n) is 7.18. The molecule has 0 aliphatic heterocycles. The van der Waals surface area contributed by atoms with Crippen LogP contribution in [-0.4, -0.2) is 23.7 Å². The van der Waals surface area contributed by atoms with Gasteiger partial charge in [0.1, 0.15) is 0 Å². The van der Waals surface area contributed by atoms with E-state index in [-0.39, 0.29) is 17.8 Å². The van der Waals surface area contributed by atoms with Gasteiger partial charge in [-0.15, -0.1) is 0 Å². The predicted molar refractivity (Wildman–Crippen MR) is 95.7 cm³/mol. The standard InChI is InChI=1S/C20H34O4/c1-4-5-6-7-8-9-10-11-12-24-20(23)18-14-15(2)17(19(21)22)13-16(18)3/h13,15,17-18H,4-12,14H2,1-3H3,(H,21,22). The van der Waals surface area contributed by atoms with Gasteiger partial charge in [0.15, 0.2) is 0 Å². The van der Waals surface area contributed by atoms with E-state index in [1.807, 2.05) is 13.8 Å². The van der Waals surface area contributed by atoms with Crippen LogP contribution in [0.2, 0.25) is 0 Å². The van der Waals surface area contributed by atoms with Gasteiger partial charge >= 0.3 is 11.9 Å². The van der Waals surface area contributed by atoms with Crippen LogP contribution >= 0.6 is 0 Å². The molecule has 0 aromatic heterocycles. The number of hydrogen-bond donors (Lipinski definition) is 1. The summed E-state index contributed by atoms with van der Waals surface area (Å²) in [4.78, 5) is 23.4. The Balaban J connectivity index is 2.22. The molecule has 0 bridgehead atoms. The second-order valence-corrected chi connectivity index (χ2v) is 7.18. The third-order valence-electron chi connectivity index (χ3n) is 5.02. The molecule has 3 unspecified atom stereocenters. The molecule has 4 heteroatoms. The third kappa shape index (κ3) is 7.06. The topological polar surface area (TPSA) is 63.6 Å². The smallest absolute Gasteiger partial charge is 0.313 e. The largest absolute Gasteiger partial charge is 0.481 e. The van der Waals surface area contributed by atoms with Gasteiger partial charge in [-0.2, -0.15) is 0 Å². The van der Waals surface area contributed by atoms with Crippen molar-refractivity contribution in [2.45, 2.75) is 78.6 Å². The number of carboxylic acids is 1. The van der Waals surface area contributed by atoms with Crippen molar-refractivity contribution in [2.24, 2.45) is 17.8 Å². The summed E-state index contributed by atoms with van der Waals surface area (Å²) in [5.74, 6) is -1.80. The zero-order valence-corrected chi connectivity index (χ0v) is 15.6. The molecule has 1 N–H and O–H groups in total. The van der Waals surface area contributed by atoms with E-state index in [1.54, 1.807) is 6.08 Å². The first-order valence-electron chi connectivity index (χ1n) is 9.55. The van der Waals surface area contributed by atoms with Gasteiger partial charge in [-0.25, -0.2) is 0 Å². The van der Waals surface area contributed by atoms with Crippen molar-refractivity contribution in [3.05, 3.63) is 11.6 Å². The van der Waals surface area contributed by atoms with Crippen molar-refractivity contribution < 1.29 is 19.4 Å². The summed E-state index contributed by atoms with van der Waals surface area (Å²) >= 11 is 0. The highest BCUT2D eigenvalue weighted by molar-refractivity contribution is 5.78. The first-order valence-corrected chi connectivity index (χ1v) is 9.55. The quantitative estimate of drug-likeness (QED) is 0.328. The summed E-state index contributed by atoms with van der Waals surface area (Å²) in [5.41, 5.74) is 0.835. The highest BCUT2D eigenvalue weighted by atomic mass is 16.5. The van der Waals surface area contributed by atoms with Gasteiger partial charge in [0.25, 0.3) is 0 Å². The number of aliphatic carboxylic acids is 1. The Labute approximate surface area is 146 Å². The van der Waals surface area contributed by atoms with E-state index in [9.17, 15) is 14.7 Å². The molecular formula is C20H34O4. The van der Waals surface area contributed by atoms with Gasteiger partial charge in [0, 0.05) is 0 Å². The molecule has 24 heavy (non-hydrogen) atoms. The minimum Gasteiger partial charge on any atom is -0.481 e. The van der Waals surface area contributed by atoms with Crippen LogP contribution in [0.3, 0.4) is 0 Å². The summed E-state index contributed by atoms with van der Waals surface area (Å²) < 4.78 is 5.41. The van der Waals surface area contributed by atoms with Crippen LogP contribution < -0.4 is 0 Å². The number of carbonyl (C=O) groups is 2.